The lowest BCUT2D eigenvalue weighted by molar-refractivity contribution is -0.133. The number of nitrogens with zero attached hydrogens (tertiary/aromatic N) is 3. The normalized spacial score (nSPS) is 15.2. The van der Waals surface area contributed by atoms with Gasteiger partial charge in [0.05, 0.1) is 31.3 Å². The van der Waals surface area contributed by atoms with Crippen LogP contribution in [-0.4, -0.2) is 54.5 Å². The van der Waals surface area contributed by atoms with Crippen molar-refractivity contribution in [2.45, 2.75) is 39.2 Å². The molecule has 1 aromatic carbocycles. The van der Waals surface area contributed by atoms with Crippen LogP contribution in [0, 0.1) is 11.3 Å². The summed E-state index contributed by atoms with van der Waals surface area (Å²) in [5.74, 6) is -0.0887. The van der Waals surface area contributed by atoms with Gasteiger partial charge in [0.1, 0.15) is 5.60 Å². The quantitative estimate of drug-likeness (QED) is 0.759. The van der Waals surface area contributed by atoms with E-state index in [4.69, 9.17) is 14.7 Å². The molecule has 0 aromatic heterocycles. The van der Waals surface area contributed by atoms with Crippen molar-refractivity contribution in [3.8, 4) is 6.07 Å². The second kappa shape index (κ2) is 9.28. The molecule has 7 nitrogen and oxygen atoms in total. The van der Waals surface area contributed by atoms with E-state index in [1.165, 1.54) is 0 Å². The molecule has 0 bridgehead atoms. The van der Waals surface area contributed by atoms with Crippen LogP contribution >= 0.6 is 0 Å². The molecule has 2 rings (SSSR count). The van der Waals surface area contributed by atoms with E-state index in [9.17, 15) is 9.59 Å². The zero-order valence-corrected chi connectivity index (χ0v) is 16.0. The van der Waals surface area contributed by atoms with E-state index in [0.717, 1.165) is 5.56 Å². The molecule has 1 saturated heterocycles. The Morgan fingerprint density at radius 1 is 1.22 bits per heavy atom. The third kappa shape index (κ3) is 7.19. The van der Waals surface area contributed by atoms with E-state index in [2.05, 4.69) is 11.1 Å². The highest BCUT2D eigenvalue weighted by molar-refractivity contribution is 6.05. The second-order valence-corrected chi connectivity index (χ2v) is 7.31. The van der Waals surface area contributed by atoms with Crippen LogP contribution < -0.4 is 0 Å². The van der Waals surface area contributed by atoms with Crippen LogP contribution in [0.1, 0.15) is 38.3 Å². The Morgan fingerprint density at radius 2 is 1.85 bits per heavy atom. The average molecular weight is 371 g/mol. The molecule has 0 saturated carbocycles. The average Bonchev–Trinajstić information content (AvgIpc) is 2.61. The van der Waals surface area contributed by atoms with Gasteiger partial charge in [-0.05, 0) is 38.5 Å². The monoisotopic (exact) mass is 371 g/mol. The van der Waals surface area contributed by atoms with Crippen molar-refractivity contribution in [1.82, 2.24) is 4.90 Å². The highest BCUT2D eigenvalue weighted by atomic mass is 16.6. The smallest absolute Gasteiger partial charge is 0.434 e. The lowest BCUT2D eigenvalue weighted by Crippen LogP contribution is -2.41. The molecule has 1 aromatic rings. The molecule has 0 unspecified atom stereocenters. The van der Waals surface area contributed by atoms with Crippen molar-refractivity contribution < 1.29 is 19.1 Å². The fraction of sp³-hybridized carbons (Fsp3) is 0.500. The number of nitriles is 1. The minimum absolute atomic E-state index is 0.0409. The summed E-state index contributed by atoms with van der Waals surface area (Å²) < 4.78 is 10.5. The highest BCUT2D eigenvalue weighted by Gasteiger charge is 2.21. The van der Waals surface area contributed by atoms with Crippen molar-refractivity contribution in [2.24, 2.45) is 4.99 Å². The summed E-state index contributed by atoms with van der Waals surface area (Å²) in [4.78, 5) is 30.4. The topological polar surface area (TPSA) is 92.0 Å². The Kier molecular flexibility index (Phi) is 7.08. The van der Waals surface area contributed by atoms with Gasteiger partial charge in [-0.25, -0.2) is 4.79 Å². The molecular weight excluding hydrogens is 346 g/mol. The molecule has 1 aliphatic rings. The largest absolute Gasteiger partial charge is 0.442 e. The third-order valence-electron chi connectivity index (χ3n) is 3.85. The lowest BCUT2D eigenvalue weighted by Gasteiger charge is -2.27. The zero-order valence-electron chi connectivity index (χ0n) is 16.0. The Morgan fingerprint density at radius 3 is 2.41 bits per heavy atom. The van der Waals surface area contributed by atoms with Gasteiger partial charge in [0.25, 0.3) is 0 Å². The number of ether oxygens (including phenoxy) is 2. The molecule has 0 N–H and O–H groups in total. The maximum atomic E-state index is 12.6. The molecule has 0 spiro atoms. The summed E-state index contributed by atoms with van der Waals surface area (Å²) in [6.07, 6.45) is -0.332. The maximum absolute atomic E-state index is 12.6. The molecular formula is C20H25N3O4. The van der Waals surface area contributed by atoms with Crippen LogP contribution in [0.15, 0.2) is 29.3 Å². The van der Waals surface area contributed by atoms with Crippen LogP contribution in [0.2, 0.25) is 0 Å². The third-order valence-corrected chi connectivity index (χ3v) is 3.85. The van der Waals surface area contributed by atoms with Crippen LogP contribution in [0.5, 0.6) is 0 Å². The number of morpholine rings is 1. The first kappa shape index (κ1) is 20.6. The number of hydrogen-bond acceptors (Lipinski definition) is 5. The van der Waals surface area contributed by atoms with Gasteiger partial charge in [0, 0.05) is 25.2 Å². The van der Waals surface area contributed by atoms with Gasteiger partial charge in [-0.15, -0.1) is 0 Å². The van der Waals surface area contributed by atoms with E-state index >= 15 is 0 Å². The van der Waals surface area contributed by atoms with E-state index < -0.39 is 11.7 Å². The Hall–Kier alpha value is -2.72. The summed E-state index contributed by atoms with van der Waals surface area (Å²) in [7, 11) is 0. The minimum atomic E-state index is -0.707. The second-order valence-electron chi connectivity index (χ2n) is 7.31. The summed E-state index contributed by atoms with van der Waals surface area (Å²) in [5, 5.41) is 8.91. The molecule has 7 heteroatoms. The predicted octanol–water partition coefficient (Wildman–Crippen LogP) is 2.73. The summed E-state index contributed by atoms with van der Waals surface area (Å²) in [6.45, 7) is 7.39. The van der Waals surface area contributed by atoms with E-state index in [1.807, 2.05) is 0 Å². The van der Waals surface area contributed by atoms with Crippen molar-refractivity contribution in [2.75, 3.05) is 26.3 Å². The molecule has 27 heavy (non-hydrogen) atoms. The SMILES string of the molecule is CC(C)(C)OC(=O)/N=C(\CC(=O)N1CCOCC1)Cc1ccc(C#N)cc1. The van der Waals surface area contributed by atoms with Crippen LogP contribution in [-0.2, 0) is 20.7 Å². The molecule has 1 fully saturated rings. The molecule has 1 heterocycles. The van der Waals surface area contributed by atoms with Crippen molar-refractivity contribution in [3.63, 3.8) is 0 Å². The van der Waals surface area contributed by atoms with Crippen molar-refractivity contribution >= 4 is 17.7 Å². The molecule has 144 valence electrons. The molecule has 1 aliphatic heterocycles. The zero-order chi connectivity index (χ0) is 19.9. The van der Waals surface area contributed by atoms with E-state index in [1.54, 1.807) is 49.9 Å². The fourth-order valence-electron chi connectivity index (χ4n) is 2.59. The van der Waals surface area contributed by atoms with E-state index in [-0.39, 0.29) is 12.3 Å². The lowest BCUT2D eigenvalue weighted by atomic mass is 10.0. The summed E-state index contributed by atoms with van der Waals surface area (Å²) >= 11 is 0. The molecule has 2 amide bonds. The van der Waals surface area contributed by atoms with Gasteiger partial charge in [0.15, 0.2) is 0 Å². The number of hydrogen-bond donors (Lipinski definition) is 0. The number of benzene rings is 1. The van der Waals surface area contributed by atoms with Gasteiger partial charge >= 0.3 is 6.09 Å². The summed E-state index contributed by atoms with van der Waals surface area (Å²) in [5.41, 5.74) is 1.19. The van der Waals surface area contributed by atoms with Gasteiger partial charge in [-0.3, -0.25) is 4.79 Å². The fourth-order valence-corrected chi connectivity index (χ4v) is 2.59. The van der Waals surface area contributed by atoms with Gasteiger partial charge < -0.3 is 14.4 Å². The molecule has 0 radical (unpaired) electrons. The van der Waals surface area contributed by atoms with Gasteiger partial charge in [-0.1, -0.05) is 12.1 Å². The standard InChI is InChI=1S/C20H25N3O4/c1-20(2,3)27-19(25)22-17(12-15-4-6-16(14-21)7-5-15)13-18(24)23-8-10-26-11-9-23/h4-7H,8-13H2,1-3H3/b22-17-. The first-order valence-electron chi connectivity index (χ1n) is 8.91. The highest BCUT2D eigenvalue weighted by Crippen LogP contribution is 2.12. The first-order chi connectivity index (χ1) is 12.8. The van der Waals surface area contributed by atoms with Crippen molar-refractivity contribution in [1.29, 1.82) is 5.26 Å². The van der Waals surface area contributed by atoms with Crippen LogP contribution in [0.4, 0.5) is 4.79 Å². The minimum Gasteiger partial charge on any atom is -0.442 e. The number of aliphatic imine (C=N–C) groups is 1. The molecule has 0 atom stereocenters. The predicted molar refractivity (Wildman–Crippen MR) is 101 cm³/mol. The number of carbonyl (C=O) groups is 2. The Labute approximate surface area is 159 Å². The van der Waals surface area contributed by atoms with Crippen LogP contribution in [0.25, 0.3) is 0 Å². The van der Waals surface area contributed by atoms with Crippen molar-refractivity contribution in [3.05, 3.63) is 35.4 Å². The Balaban J connectivity index is 2.14. The number of amides is 2. The first-order valence-corrected chi connectivity index (χ1v) is 8.91. The number of carbonyl (C=O) groups excluding carboxylic acids is 2. The van der Waals surface area contributed by atoms with Gasteiger partial charge in [0.2, 0.25) is 5.91 Å². The van der Waals surface area contributed by atoms with E-state index in [0.29, 0.717) is 44.0 Å². The van der Waals surface area contributed by atoms with Gasteiger partial charge in [-0.2, -0.15) is 10.3 Å². The number of rotatable bonds is 4. The molecule has 0 aliphatic carbocycles. The van der Waals surface area contributed by atoms with Crippen LogP contribution in [0.3, 0.4) is 0 Å². The Bertz CT molecular complexity index is 736. The summed E-state index contributed by atoms with van der Waals surface area (Å²) in [6, 6.07) is 9.05. The maximum Gasteiger partial charge on any atom is 0.434 e.